The SMILES string of the molecule is C=C(N)N/N=C(\C)Cl.CC.COc1nc(C)ncc1-n1nc(OCCCO)c([N+](=O)[O-])c1C. The second-order valence-corrected chi connectivity index (χ2v) is 6.44. The number of aliphatic hydroxyl groups excluding tert-OH is 1. The van der Waals surface area contributed by atoms with Gasteiger partial charge in [0.15, 0.2) is 0 Å². The van der Waals surface area contributed by atoms with Crippen molar-refractivity contribution in [3.8, 4) is 17.4 Å². The molecule has 0 aliphatic carbocycles. The molecule has 0 amide bonds. The molecule has 0 bridgehead atoms. The van der Waals surface area contributed by atoms with Crippen LogP contribution in [-0.2, 0) is 0 Å². The number of rotatable bonds is 9. The Kier molecular flexibility index (Phi) is 13.8. The first-order chi connectivity index (χ1) is 15.6. The summed E-state index contributed by atoms with van der Waals surface area (Å²) in [7, 11) is 1.44. The first-order valence-corrected chi connectivity index (χ1v) is 10.3. The van der Waals surface area contributed by atoms with Crippen LogP contribution >= 0.6 is 11.6 Å². The van der Waals surface area contributed by atoms with E-state index in [0.717, 1.165) is 0 Å². The molecule has 0 saturated heterocycles. The van der Waals surface area contributed by atoms with Crippen molar-refractivity contribution in [1.82, 2.24) is 25.2 Å². The number of nitrogens with zero attached hydrogens (tertiary/aromatic N) is 6. The molecule has 2 rings (SSSR count). The lowest BCUT2D eigenvalue weighted by atomic mass is 10.3. The van der Waals surface area contributed by atoms with Gasteiger partial charge < -0.3 is 20.3 Å². The van der Waals surface area contributed by atoms with E-state index in [9.17, 15) is 10.1 Å². The summed E-state index contributed by atoms with van der Waals surface area (Å²) < 4.78 is 11.8. The maximum absolute atomic E-state index is 11.3. The lowest BCUT2D eigenvalue weighted by molar-refractivity contribution is -0.386. The standard InChI is InChI=1S/C13H17N5O5.C4H8ClN3.C2H6/c1-8-11(18(20)21)13(23-6-4-5-19)16-17(8)10-7-14-9(2)15-12(10)22-3;1-3(5)7-8-4(2)6;1-2/h7,19H,4-6H2,1-3H3;8H,2,6H2,1H3;1-2H3/b;7-3+;. The Bertz CT molecular complexity index is 945. The molecule has 184 valence electrons. The molecule has 2 aromatic heterocycles. The lowest BCUT2D eigenvalue weighted by Crippen LogP contribution is -2.12. The molecule has 0 unspecified atom stereocenters. The van der Waals surface area contributed by atoms with Crippen molar-refractivity contribution < 1.29 is 19.5 Å². The molecule has 13 nitrogen and oxygen atoms in total. The van der Waals surface area contributed by atoms with Crippen molar-refractivity contribution in [3.05, 3.63) is 40.2 Å². The smallest absolute Gasteiger partial charge is 0.353 e. The number of aliphatic hydroxyl groups is 1. The van der Waals surface area contributed by atoms with E-state index >= 15 is 0 Å². The highest BCUT2D eigenvalue weighted by Crippen LogP contribution is 2.33. The molecule has 33 heavy (non-hydrogen) atoms. The molecule has 14 heteroatoms. The van der Waals surface area contributed by atoms with Crippen LogP contribution in [-0.4, -0.2) is 55.3 Å². The first kappa shape index (κ1) is 29.5. The zero-order valence-electron chi connectivity index (χ0n) is 19.6. The van der Waals surface area contributed by atoms with E-state index in [4.69, 9.17) is 31.9 Å². The summed E-state index contributed by atoms with van der Waals surface area (Å²) in [6.45, 7) is 12.3. The Morgan fingerprint density at radius 3 is 2.52 bits per heavy atom. The van der Waals surface area contributed by atoms with Crippen LogP contribution in [0.3, 0.4) is 0 Å². The number of ether oxygens (including phenoxy) is 2. The predicted molar refractivity (Wildman–Crippen MR) is 126 cm³/mol. The third-order valence-electron chi connectivity index (χ3n) is 3.41. The van der Waals surface area contributed by atoms with Gasteiger partial charge in [0.05, 0.1) is 24.8 Å². The van der Waals surface area contributed by atoms with Gasteiger partial charge >= 0.3 is 11.6 Å². The number of aryl methyl sites for hydroxylation is 1. The number of methoxy groups -OCH3 is 1. The predicted octanol–water partition coefficient (Wildman–Crippen LogP) is 2.56. The maximum atomic E-state index is 11.3. The molecule has 0 aliphatic rings. The Balaban J connectivity index is 0.000000868. The van der Waals surface area contributed by atoms with Crippen LogP contribution in [0.5, 0.6) is 11.8 Å². The van der Waals surface area contributed by atoms with Gasteiger partial charge in [-0.2, -0.15) is 10.1 Å². The van der Waals surface area contributed by atoms with Gasteiger partial charge in [0.1, 0.15) is 28.2 Å². The summed E-state index contributed by atoms with van der Waals surface area (Å²) in [5, 5.41) is 28.1. The molecule has 0 saturated carbocycles. The fourth-order valence-corrected chi connectivity index (χ4v) is 2.17. The number of nitrogens with one attached hydrogen (secondary N) is 1. The third-order valence-corrected chi connectivity index (χ3v) is 3.49. The largest absolute Gasteiger partial charge is 0.479 e. The molecular weight excluding hydrogens is 456 g/mol. The first-order valence-electron chi connectivity index (χ1n) is 9.88. The van der Waals surface area contributed by atoms with Crippen LogP contribution in [0.4, 0.5) is 5.69 Å². The fourth-order valence-electron chi connectivity index (χ4n) is 2.13. The van der Waals surface area contributed by atoms with Crippen molar-refractivity contribution in [2.24, 2.45) is 10.8 Å². The van der Waals surface area contributed by atoms with Crippen molar-refractivity contribution in [2.75, 3.05) is 20.3 Å². The average Bonchev–Trinajstić information content (AvgIpc) is 3.10. The summed E-state index contributed by atoms with van der Waals surface area (Å²) >= 11 is 5.31. The zero-order valence-corrected chi connectivity index (χ0v) is 20.4. The molecule has 0 fully saturated rings. The fraction of sp³-hybridized carbons (Fsp3) is 0.474. The number of hydrogen-bond donors (Lipinski definition) is 3. The number of nitro groups is 1. The summed E-state index contributed by atoms with van der Waals surface area (Å²) in [6, 6.07) is 0. The highest BCUT2D eigenvalue weighted by molar-refractivity contribution is 6.64. The lowest BCUT2D eigenvalue weighted by Gasteiger charge is -2.08. The van der Waals surface area contributed by atoms with Gasteiger partial charge in [0, 0.05) is 13.0 Å². The van der Waals surface area contributed by atoms with E-state index < -0.39 is 4.92 Å². The molecule has 0 spiro atoms. The molecule has 0 atom stereocenters. The highest BCUT2D eigenvalue weighted by Gasteiger charge is 2.28. The van der Waals surface area contributed by atoms with Crippen LogP contribution < -0.4 is 20.6 Å². The summed E-state index contributed by atoms with van der Waals surface area (Å²) in [5.74, 6) is 0.915. The Labute approximate surface area is 197 Å². The van der Waals surface area contributed by atoms with Gasteiger partial charge in [0.2, 0.25) is 5.88 Å². The van der Waals surface area contributed by atoms with E-state index in [1.807, 2.05) is 13.8 Å². The van der Waals surface area contributed by atoms with Gasteiger partial charge in [-0.1, -0.05) is 32.0 Å². The van der Waals surface area contributed by atoms with E-state index in [1.165, 1.54) is 18.0 Å². The third kappa shape index (κ3) is 9.70. The molecule has 2 aromatic rings. The van der Waals surface area contributed by atoms with Gasteiger partial charge in [-0.15, -0.1) is 5.10 Å². The van der Waals surface area contributed by atoms with Crippen molar-refractivity contribution in [3.63, 3.8) is 0 Å². The molecule has 0 aliphatic heterocycles. The van der Waals surface area contributed by atoms with Gasteiger partial charge in [-0.25, -0.2) is 9.67 Å². The summed E-state index contributed by atoms with van der Waals surface area (Å²) in [6.07, 6.45) is 1.82. The second-order valence-electron chi connectivity index (χ2n) is 5.89. The van der Waals surface area contributed by atoms with Crippen molar-refractivity contribution in [2.45, 2.75) is 41.0 Å². The normalized spacial score (nSPS) is 10.2. The van der Waals surface area contributed by atoms with E-state index in [2.05, 4.69) is 32.2 Å². The van der Waals surface area contributed by atoms with E-state index in [-0.39, 0.29) is 42.2 Å². The van der Waals surface area contributed by atoms with Crippen LogP contribution in [0, 0.1) is 24.0 Å². The Morgan fingerprint density at radius 1 is 1.42 bits per heavy atom. The molecule has 4 N–H and O–H groups in total. The Morgan fingerprint density at radius 2 is 2.06 bits per heavy atom. The molecule has 2 heterocycles. The minimum absolute atomic E-state index is 0.0763. The molecular formula is C19H31ClN8O5. The van der Waals surface area contributed by atoms with Crippen molar-refractivity contribution in [1.29, 1.82) is 0 Å². The topological polar surface area (TPSA) is 176 Å². The van der Waals surface area contributed by atoms with Gasteiger partial charge in [-0.3, -0.25) is 15.5 Å². The summed E-state index contributed by atoms with van der Waals surface area (Å²) in [4.78, 5) is 18.9. The van der Waals surface area contributed by atoms with E-state index in [1.54, 1.807) is 20.8 Å². The zero-order chi connectivity index (χ0) is 25.6. The van der Waals surface area contributed by atoms with Crippen LogP contribution in [0.2, 0.25) is 0 Å². The number of nitrogens with two attached hydrogens (primary N) is 1. The second kappa shape index (κ2) is 15.4. The maximum Gasteiger partial charge on any atom is 0.353 e. The van der Waals surface area contributed by atoms with Crippen molar-refractivity contribution >= 4 is 22.5 Å². The number of halogens is 1. The molecule has 0 aromatic carbocycles. The minimum Gasteiger partial charge on any atom is -0.479 e. The quantitative estimate of drug-likeness (QED) is 0.206. The van der Waals surface area contributed by atoms with Gasteiger partial charge in [0.25, 0.3) is 0 Å². The Hall–Kier alpha value is -3.45. The molecule has 0 radical (unpaired) electrons. The number of aromatic nitrogens is 4. The monoisotopic (exact) mass is 486 g/mol. The number of hydrogen-bond acceptors (Lipinski definition) is 11. The van der Waals surface area contributed by atoms with Crippen LogP contribution in [0.25, 0.3) is 5.69 Å². The van der Waals surface area contributed by atoms with Gasteiger partial charge in [-0.05, 0) is 20.8 Å². The summed E-state index contributed by atoms with van der Waals surface area (Å²) in [5.41, 5.74) is 7.84. The highest BCUT2D eigenvalue weighted by atomic mass is 35.5. The van der Waals surface area contributed by atoms with Crippen LogP contribution in [0.1, 0.15) is 38.7 Å². The minimum atomic E-state index is -0.561. The average molecular weight is 487 g/mol. The van der Waals surface area contributed by atoms with E-state index in [0.29, 0.717) is 23.1 Å². The number of hydrazone groups is 1. The van der Waals surface area contributed by atoms with Crippen LogP contribution in [0.15, 0.2) is 23.7 Å².